The molecule has 2 aromatic carbocycles. The number of nitrogens with one attached hydrogen (secondary N) is 1. The molecule has 3 N–H and O–H groups in total. The lowest BCUT2D eigenvalue weighted by Crippen LogP contribution is -2.13. The number of aryl methyl sites for hydroxylation is 2. The van der Waals surface area contributed by atoms with Crippen molar-refractivity contribution in [3.63, 3.8) is 0 Å². The van der Waals surface area contributed by atoms with Crippen molar-refractivity contribution in [3.8, 4) is 5.75 Å². The zero-order valence-electron chi connectivity index (χ0n) is 12.0. The van der Waals surface area contributed by atoms with E-state index in [1.807, 2.05) is 13.8 Å². The quantitative estimate of drug-likeness (QED) is 0.802. The van der Waals surface area contributed by atoms with E-state index in [0.29, 0.717) is 0 Å². The molecule has 0 atom stereocenters. The Morgan fingerprint density at radius 1 is 1.05 bits per heavy atom. The Kier molecular flexibility index (Phi) is 4.09. The van der Waals surface area contributed by atoms with E-state index in [9.17, 15) is 18.3 Å². The fourth-order valence-electron chi connectivity index (χ4n) is 1.87. The largest absolute Gasteiger partial charge is 0.507 e. The molecule has 0 aromatic heterocycles. The van der Waals surface area contributed by atoms with Crippen molar-refractivity contribution in [2.75, 3.05) is 4.72 Å². The van der Waals surface area contributed by atoms with E-state index in [4.69, 9.17) is 5.11 Å². The summed E-state index contributed by atoms with van der Waals surface area (Å²) in [6.45, 7) is 3.68. The van der Waals surface area contributed by atoms with Crippen molar-refractivity contribution in [1.29, 1.82) is 0 Å². The molecule has 0 saturated heterocycles. The highest BCUT2D eigenvalue weighted by molar-refractivity contribution is 7.92. The van der Waals surface area contributed by atoms with Crippen LogP contribution in [-0.2, 0) is 10.0 Å². The van der Waals surface area contributed by atoms with E-state index in [0.717, 1.165) is 23.3 Å². The normalized spacial score (nSPS) is 11.2. The van der Waals surface area contributed by atoms with Gasteiger partial charge < -0.3 is 10.2 Å². The maximum absolute atomic E-state index is 12.3. The maximum atomic E-state index is 12.3. The predicted octanol–water partition coefficient (Wildman–Crippen LogP) is 2.51. The van der Waals surface area contributed by atoms with Gasteiger partial charge in [-0.25, -0.2) is 13.2 Å². The van der Waals surface area contributed by atoms with Crippen LogP contribution < -0.4 is 4.72 Å². The van der Waals surface area contributed by atoms with Gasteiger partial charge in [0.25, 0.3) is 10.0 Å². The Hall–Kier alpha value is -2.54. The van der Waals surface area contributed by atoms with Crippen LogP contribution in [0.15, 0.2) is 41.3 Å². The lowest BCUT2D eigenvalue weighted by atomic mass is 10.1. The van der Waals surface area contributed by atoms with Crippen molar-refractivity contribution < 1.29 is 23.4 Å². The number of benzene rings is 2. The molecule has 0 aliphatic carbocycles. The number of rotatable bonds is 4. The number of hydrogen-bond donors (Lipinski definition) is 3. The predicted molar refractivity (Wildman–Crippen MR) is 81.8 cm³/mol. The summed E-state index contributed by atoms with van der Waals surface area (Å²) >= 11 is 0. The van der Waals surface area contributed by atoms with Crippen molar-refractivity contribution in [2.45, 2.75) is 18.7 Å². The Balaban J connectivity index is 2.34. The molecule has 0 fully saturated rings. The smallest absolute Gasteiger partial charge is 0.339 e. The van der Waals surface area contributed by atoms with E-state index < -0.39 is 21.7 Å². The van der Waals surface area contributed by atoms with Crippen LogP contribution >= 0.6 is 0 Å². The summed E-state index contributed by atoms with van der Waals surface area (Å²) in [5.74, 6) is -1.80. The topological polar surface area (TPSA) is 104 Å². The Labute approximate surface area is 128 Å². The molecular formula is C15H15NO5S. The Morgan fingerprint density at radius 3 is 2.27 bits per heavy atom. The zero-order valence-corrected chi connectivity index (χ0v) is 12.8. The minimum atomic E-state index is -3.81. The zero-order chi connectivity index (χ0) is 16.5. The number of hydrogen-bond acceptors (Lipinski definition) is 4. The molecule has 22 heavy (non-hydrogen) atoms. The second kappa shape index (κ2) is 5.69. The molecule has 2 aromatic rings. The van der Waals surface area contributed by atoms with Gasteiger partial charge >= 0.3 is 5.97 Å². The number of carboxylic acids is 1. The number of anilines is 1. The first kappa shape index (κ1) is 15.8. The second-order valence-electron chi connectivity index (χ2n) is 4.89. The Bertz CT molecular complexity index is 843. The third-order valence-electron chi connectivity index (χ3n) is 3.27. The van der Waals surface area contributed by atoms with E-state index >= 15 is 0 Å². The maximum Gasteiger partial charge on any atom is 0.339 e. The van der Waals surface area contributed by atoms with Crippen LogP contribution in [0.2, 0.25) is 0 Å². The van der Waals surface area contributed by atoms with Gasteiger partial charge in [-0.2, -0.15) is 0 Å². The lowest BCUT2D eigenvalue weighted by Gasteiger charge is -2.10. The first-order valence-corrected chi connectivity index (χ1v) is 7.85. The van der Waals surface area contributed by atoms with E-state index in [-0.39, 0.29) is 16.1 Å². The van der Waals surface area contributed by atoms with E-state index in [2.05, 4.69) is 4.72 Å². The van der Waals surface area contributed by atoms with Crippen molar-refractivity contribution >= 4 is 21.7 Å². The second-order valence-corrected chi connectivity index (χ2v) is 6.57. The summed E-state index contributed by atoms with van der Waals surface area (Å²) < 4.78 is 26.9. The standard InChI is InChI=1S/C15H15NO5S/c1-9-3-5-12(7-10(9)2)22(20,21)16-11-4-6-13(15(18)19)14(17)8-11/h3-8,16-17H,1-2H3,(H,18,19). The number of carbonyl (C=O) groups is 1. The molecule has 116 valence electrons. The molecule has 2 rings (SSSR count). The van der Waals surface area contributed by atoms with Crippen LogP contribution in [0.3, 0.4) is 0 Å². The van der Waals surface area contributed by atoms with Crippen molar-refractivity contribution in [1.82, 2.24) is 0 Å². The van der Waals surface area contributed by atoms with Crippen LogP contribution in [0.4, 0.5) is 5.69 Å². The van der Waals surface area contributed by atoms with Gasteiger partial charge in [-0.05, 0) is 49.2 Å². The van der Waals surface area contributed by atoms with Crippen molar-refractivity contribution in [3.05, 3.63) is 53.1 Å². The summed E-state index contributed by atoms with van der Waals surface area (Å²) in [7, 11) is -3.81. The highest BCUT2D eigenvalue weighted by atomic mass is 32.2. The fraction of sp³-hybridized carbons (Fsp3) is 0.133. The van der Waals surface area contributed by atoms with Gasteiger partial charge in [0, 0.05) is 6.07 Å². The van der Waals surface area contributed by atoms with Crippen LogP contribution in [0.1, 0.15) is 21.5 Å². The molecule has 0 heterocycles. The van der Waals surface area contributed by atoms with Crippen molar-refractivity contribution in [2.24, 2.45) is 0 Å². The van der Waals surface area contributed by atoms with Gasteiger partial charge in [-0.1, -0.05) is 6.07 Å². The van der Waals surface area contributed by atoms with Crippen LogP contribution in [-0.4, -0.2) is 24.6 Å². The van der Waals surface area contributed by atoms with E-state index in [1.165, 1.54) is 12.1 Å². The van der Waals surface area contributed by atoms with Gasteiger partial charge in [0.2, 0.25) is 0 Å². The van der Waals surface area contributed by atoms with Gasteiger partial charge in [0.05, 0.1) is 10.6 Å². The summed E-state index contributed by atoms with van der Waals surface area (Å²) in [4.78, 5) is 10.9. The van der Waals surface area contributed by atoms with Gasteiger partial charge in [0.15, 0.2) is 0 Å². The molecule has 0 bridgehead atoms. The monoisotopic (exact) mass is 321 g/mol. The molecular weight excluding hydrogens is 306 g/mol. The first-order chi connectivity index (χ1) is 10.2. The molecule has 0 unspecified atom stereocenters. The number of sulfonamides is 1. The SMILES string of the molecule is Cc1ccc(S(=O)(=O)Nc2ccc(C(=O)O)c(O)c2)cc1C. The highest BCUT2D eigenvalue weighted by Gasteiger charge is 2.16. The summed E-state index contributed by atoms with van der Waals surface area (Å²) in [5, 5.41) is 18.4. The fourth-order valence-corrected chi connectivity index (χ4v) is 3.01. The van der Waals surface area contributed by atoms with Crippen LogP contribution in [0.5, 0.6) is 5.75 Å². The number of phenols is 1. The average Bonchev–Trinajstić information content (AvgIpc) is 2.40. The van der Waals surface area contributed by atoms with E-state index in [1.54, 1.807) is 12.1 Å². The summed E-state index contributed by atoms with van der Waals surface area (Å²) in [6, 6.07) is 8.20. The van der Waals surface area contributed by atoms with Crippen LogP contribution in [0.25, 0.3) is 0 Å². The van der Waals surface area contributed by atoms with Gasteiger partial charge in [-0.15, -0.1) is 0 Å². The van der Waals surface area contributed by atoms with Crippen LogP contribution in [0, 0.1) is 13.8 Å². The third kappa shape index (κ3) is 3.20. The first-order valence-electron chi connectivity index (χ1n) is 6.37. The molecule has 0 spiro atoms. The molecule has 0 saturated carbocycles. The number of aromatic carboxylic acids is 1. The number of carboxylic acid groups (broad SMARTS) is 1. The molecule has 7 heteroatoms. The molecule has 6 nitrogen and oxygen atoms in total. The molecule has 0 radical (unpaired) electrons. The molecule has 0 amide bonds. The molecule has 0 aliphatic rings. The molecule has 0 aliphatic heterocycles. The third-order valence-corrected chi connectivity index (χ3v) is 4.65. The van der Waals surface area contributed by atoms with Gasteiger partial charge in [-0.3, -0.25) is 4.72 Å². The minimum Gasteiger partial charge on any atom is -0.507 e. The summed E-state index contributed by atoms with van der Waals surface area (Å²) in [6.07, 6.45) is 0. The average molecular weight is 321 g/mol. The number of aromatic hydroxyl groups is 1. The lowest BCUT2D eigenvalue weighted by molar-refractivity contribution is 0.0694. The Morgan fingerprint density at radius 2 is 1.73 bits per heavy atom. The highest BCUT2D eigenvalue weighted by Crippen LogP contribution is 2.24. The van der Waals surface area contributed by atoms with Gasteiger partial charge in [0.1, 0.15) is 11.3 Å². The summed E-state index contributed by atoms with van der Waals surface area (Å²) in [5.41, 5.74) is 1.60. The minimum absolute atomic E-state index is 0.0840.